The van der Waals surface area contributed by atoms with Crippen molar-refractivity contribution in [1.29, 1.82) is 0 Å². The molecular weight excluding hydrogens is 192 g/mol. The third-order valence-corrected chi connectivity index (χ3v) is 2.78. The highest BCUT2D eigenvalue weighted by atomic mass is 16.5. The second kappa shape index (κ2) is 4.24. The molecule has 1 N–H and O–H groups in total. The average Bonchev–Trinajstić information content (AvgIpc) is 2.69. The van der Waals surface area contributed by atoms with E-state index in [1.54, 1.807) is 13.1 Å². The number of aliphatic hydroxyl groups is 1. The van der Waals surface area contributed by atoms with E-state index in [1.165, 1.54) is 0 Å². The summed E-state index contributed by atoms with van der Waals surface area (Å²) < 4.78 is 5.30. The van der Waals surface area contributed by atoms with Gasteiger partial charge in [0.05, 0.1) is 12.7 Å². The molecule has 0 aliphatic carbocycles. The van der Waals surface area contributed by atoms with Crippen molar-refractivity contribution >= 4 is 0 Å². The van der Waals surface area contributed by atoms with E-state index in [0.29, 0.717) is 12.5 Å². The van der Waals surface area contributed by atoms with Crippen molar-refractivity contribution in [2.24, 2.45) is 0 Å². The summed E-state index contributed by atoms with van der Waals surface area (Å²) in [5, 5.41) is 9.46. The minimum atomic E-state index is -0.501. The fraction of sp³-hybridized carbons (Fsp3) is 0.636. The van der Waals surface area contributed by atoms with Crippen molar-refractivity contribution in [2.75, 3.05) is 13.2 Å². The molecule has 0 saturated carbocycles. The van der Waals surface area contributed by atoms with Crippen molar-refractivity contribution in [3.8, 4) is 0 Å². The van der Waals surface area contributed by atoms with E-state index < -0.39 is 6.10 Å². The fourth-order valence-electron chi connectivity index (χ4n) is 1.84. The molecule has 2 heterocycles. The summed E-state index contributed by atoms with van der Waals surface area (Å²) in [6, 6.07) is 0. The molecule has 4 nitrogen and oxygen atoms in total. The first kappa shape index (κ1) is 10.5. The van der Waals surface area contributed by atoms with Gasteiger partial charge in [0, 0.05) is 30.0 Å². The molecule has 0 aromatic carbocycles. The molecule has 1 aromatic rings. The lowest BCUT2D eigenvalue weighted by molar-refractivity contribution is 0.192. The van der Waals surface area contributed by atoms with Crippen LogP contribution in [0.5, 0.6) is 0 Å². The molecule has 2 atom stereocenters. The fourth-order valence-corrected chi connectivity index (χ4v) is 1.84. The predicted octanol–water partition coefficient (Wildman–Crippen LogP) is 1.34. The van der Waals surface area contributed by atoms with Gasteiger partial charge in [0.25, 0.3) is 0 Å². The second-order valence-electron chi connectivity index (χ2n) is 4.01. The first-order chi connectivity index (χ1) is 7.18. The predicted molar refractivity (Wildman–Crippen MR) is 55.6 cm³/mol. The number of ether oxygens (including phenoxy) is 1. The van der Waals surface area contributed by atoms with Crippen LogP contribution in [0.4, 0.5) is 0 Å². The second-order valence-corrected chi connectivity index (χ2v) is 4.01. The Labute approximate surface area is 89.3 Å². The molecule has 1 aliphatic rings. The maximum Gasteiger partial charge on any atom is 0.134 e. The molecule has 0 bridgehead atoms. The molecule has 1 fully saturated rings. The Hall–Kier alpha value is -1.00. The average molecular weight is 208 g/mol. The maximum atomic E-state index is 9.46. The molecule has 82 valence electrons. The minimum absolute atomic E-state index is 0.326. The molecule has 0 amide bonds. The van der Waals surface area contributed by atoms with E-state index in [4.69, 9.17) is 4.74 Å². The van der Waals surface area contributed by atoms with Crippen LogP contribution in [-0.2, 0) is 4.74 Å². The number of nitrogens with zero attached hydrogens (tertiary/aromatic N) is 2. The highest BCUT2D eigenvalue weighted by molar-refractivity contribution is 5.19. The van der Waals surface area contributed by atoms with Gasteiger partial charge in [-0.3, -0.25) is 0 Å². The minimum Gasteiger partial charge on any atom is -0.389 e. The molecule has 1 saturated heterocycles. The summed E-state index contributed by atoms with van der Waals surface area (Å²) in [5.41, 5.74) is 1.67. The molecule has 1 aliphatic heterocycles. The lowest BCUT2D eigenvalue weighted by Gasteiger charge is -2.11. The van der Waals surface area contributed by atoms with Crippen LogP contribution in [0, 0.1) is 6.92 Å². The highest BCUT2D eigenvalue weighted by Crippen LogP contribution is 2.23. The van der Waals surface area contributed by atoms with Crippen molar-refractivity contribution in [1.82, 2.24) is 9.97 Å². The Morgan fingerprint density at radius 2 is 2.40 bits per heavy atom. The molecule has 4 heteroatoms. The Bertz CT molecular complexity index is 346. The van der Waals surface area contributed by atoms with Crippen LogP contribution in [-0.4, -0.2) is 28.3 Å². The molecule has 1 aromatic heterocycles. The summed E-state index contributed by atoms with van der Waals surface area (Å²) in [6.45, 7) is 5.14. The number of hydrogen-bond donors (Lipinski definition) is 1. The zero-order valence-electron chi connectivity index (χ0n) is 9.10. The largest absolute Gasteiger partial charge is 0.389 e. The summed E-state index contributed by atoms with van der Waals surface area (Å²) >= 11 is 0. The van der Waals surface area contributed by atoms with Crippen molar-refractivity contribution < 1.29 is 9.84 Å². The third-order valence-electron chi connectivity index (χ3n) is 2.78. The van der Waals surface area contributed by atoms with Gasteiger partial charge in [-0.25, -0.2) is 9.97 Å². The lowest BCUT2D eigenvalue weighted by Crippen LogP contribution is -2.08. The van der Waals surface area contributed by atoms with Crippen molar-refractivity contribution in [3.05, 3.63) is 23.3 Å². The van der Waals surface area contributed by atoms with Crippen LogP contribution in [0.25, 0.3) is 0 Å². The monoisotopic (exact) mass is 208 g/mol. The van der Waals surface area contributed by atoms with Gasteiger partial charge in [0.2, 0.25) is 0 Å². The molecular formula is C11H16N2O2. The summed E-state index contributed by atoms with van der Waals surface area (Å²) in [5.74, 6) is 1.17. The smallest absolute Gasteiger partial charge is 0.134 e. The van der Waals surface area contributed by atoms with Crippen molar-refractivity contribution in [3.63, 3.8) is 0 Å². The van der Waals surface area contributed by atoms with E-state index in [1.807, 2.05) is 6.92 Å². The molecule has 2 rings (SSSR count). The highest BCUT2D eigenvalue weighted by Gasteiger charge is 2.21. The van der Waals surface area contributed by atoms with E-state index in [9.17, 15) is 5.11 Å². The van der Waals surface area contributed by atoms with Crippen LogP contribution in [0.2, 0.25) is 0 Å². The number of aromatic nitrogens is 2. The molecule has 2 unspecified atom stereocenters. The van der Waals surface area contributed by atoms with Gasteiger partial charge < -0.3 is 9.84 Å². The number of rotatable bonds is 2. The first-order valence-corrected chi connectivity index (χ1v) is 5.27. The third kappa shape index (κ3) is 2.16. The van der Waals surface area contributed by atoms with Gasteiger partial charge in [0.1, 0.15) is 5.82 Å². The Kier molecular flexibility index (Phi) is 2.98. The van der Waals surface area contributed by atoms with E-state index in [2.05, 4.69) is 9.97 Å². The zero-order valence-corrected chi connectivity index (χ0v) is 9.10. The van der Waals surface area contributed by atoms with Gasteiger partial charge in [-0.15, -0.1) is 0 Å². The van der Waals surface area contributed by atoms with Crippen LogP contribution in [0.15, 0.2) is 6.20 Å². The van der Waals surface area contributed by atoms with E-state index in [0.717, 1.165) is 30.1 Å². The normalized spacial score (nSPS) is 23.0. The van der Waals surface area contributed by atoms with Crippen molar-refractivity contribution in [2.45, 2.75) is 32.3 Å². The number of aliphatic hydroxyl groups excluding tert-OH is 1. The molecule has 15 heavy (non-hydrogen) atoms. The van der Waals surface area contributed by atoms with Crippen LogP contribution in [0.3, 0.4) is 0 Å². The molecule has 0 spiro atoms. The maximum absolute atomic E-state index is 9.46. The van der Waals surface area contributed by atoms with Crippen LogP contribution < -0.4 is 0 Å². The Balaban J connectivity index is 2.24. The van der Waals surface area contributed by atoms with Gasteiger partial charge in [0.15, 0.2) is 0 Å². The van der Waals surface area contributed by atoms with Gasteiger partial charge in [-0.1, -0.05) is 0 Å². The van der Waals surface area contributed by atoms with Gasteiger partial charge in [-0.05, 0) is 20.3 Å². The summed E-state index contributed by atoms with van der Waals surface area (Å²) in [4.78, 5) is 8.72. The van der Waals surface area contributed by atoms with E-state index in [-0.39, 0.29) is 0 Å². The summed E-state index contributed by atoms with van der Waals surface area (Å²) in [7, 11) is 0. The van der Waals surface area contributed by atoms with E-state index >= 15 is 0 Å². The van der Waals surface area contributed by atoms with Gasteiger partial charge in [-0.2, -0.15) is 0 Å². The number of aryl methyl sites for hydroxylation is 1. The van der Waals surface area contributed by atoms with Gasteiger partial charge >= 0.3 is 0 Å². The Morgan fingerprint density at radius 3 is 2.93 bits per heavy atom. The quantitative estimate of drug-likeness (QED) is 0.797. The standard InChI is InChI=1S/C11H16N2O2/c1-7-10(8(2)14)5-12-11(13-7)9-3-4-15-6-9/h5,8-9,14H,3-4,6H2,1-2H3. The zero-order chi connectivity index (χ0) is 10.8. The summed E-state index contributed by atoms with van der Waals surface area (Å²) in [6.07, 6.45) is 2.22. The van der Waals surface area contributed by atoms with Crippen LogP contribution >= 0.6 is 0 Å². The molecule has 0 radical (unpaired) electrons. The number of hydrogen-bond acceptors (Lipinski definition) is 4. The van der Waals surface area contributed by atoms with Crippen LogP contribution in [0.1, 0.15) is 42.4 Å². The SMILES string of the molecule is Cc1nc(C2CCOC2)ncc1C(C)O. The Morgan fingerprint density at radius 1 is 1.60 bits per heavy atom. The topological polar surface area (TPSA) is 55.2 Å². The first-order valence-electron chi connectivity index (χ1n) is 5.27. The lowest BCUT2D eigenvalue weighted by atomic mass is 10.1.